The molecule has 4 nitrogen and oxygen atoms in total. The molecule has 86 valence electrons. The molecule has 1 rings (SSSR count). The zero-order valence-electron chi connectivity index (χ0n) is 8.83. The zero-order chi connectivity index (χ0) is 11.4. The standard InChI is InChI=1S/C9H15ClN2O2S/c1-6-5-15-4-3-12(6)9(14)11-8(13)7(2)10/h6-7H,3-5H2,1-2H3,(H,11,13,14). The fraction of sp³-hybridized carbons (Fsp3) is 0.778. The molecule has 1 fully saturated rings. The predicted molar refractivity (Wildman–Crippen MR) is 62.3 cm³/mol. The first-order valence-corrected chi connectivity index (χ1v) is 6.44. The van der Waals surface area contributed by atoms with Crippen molar-refractivity contribution >= 4 is 35.3 Å². The van der Waals surface area contributed by atoms with Gasteiger partial charge in [-0.25, -0.2) is 4.79 Å². The molecule has 0 radical (unpaired) electrons. The molecule has 0 bridgehead atoms. The summed E-state index contributed by atoms with van der Waals surface area (Å²) in [5.74, 6) is 1.40. The van der Waals surface area contributed by atoms with Crippen molar-refractivity contribution in [1.82, 2.24) is 10.2 Å². The number of halogens is 1. The normalized spacial score (nSPS) is 23.4. The van der Waals surface area contributed by atoms with Crippen LogP contribution in [-0.2, 0) is 4.79 Å². The number of imide groups is 1. The van der Waals surface area contributed by atoms with Crippen LogP contribution in [0.3, 0.4) is 0 Å². The van der Waals surface area contributed by atoms with Crippen molar-refractivity contribution in [3.8, 4) is 0 Å². The molecule has 0 saturated carbocycles. The zero-order valence-corrected chi connectivity index (χ0v) is 10.4. The van der Waals surface area contributed by atoms with Crippen LogP contribution in [0.15, 0.2) is 0 Å². The number of hydrogen-bond acceptors (Lipinski definition) is 3. The molecular formula is C9H15ClN2O2S. The van der Waals surface area contributed by atoms with Crippen LogP contribution in [0.1, 0.15) is 13.8 Å². The van der Waals surface area contributed by atoms with E-state index < -0.39 is 11.3 Å². The molecule has 1 N–H and O–H groups in total. The molecule has 3 amide bonds. The highest BCUT2D eigenvalue weighted by Crippen LogP contribution is 2.15. The fourth-order valence-electron chi connectivity index (χ4n) is 1.31. The summed E-state index contributed by atoms with van der Waals surface area (Å²) in [6, 6.07) is -0.164. The molecule has 0 aliphatic carbocycles. The highest BCUT2D eigenvalue weighted by atomic mass is 35.5. The van der Waals surface area contributed by atoms with Gasteiger partial charge in [-0.1, -0.05) is 0 Å². The van der Waals surface area contributed by atoms with Gasteiger partial charge in [0, 0.05) is 24.1 Å². The highest BCUT2D eigenvalue weighted by Gasteiger charge is 2.25. The predicted octanol–water partition coefficient (Wildman–Crippen LogP) is 1.29. The third-order valence-electron chi connectivity index (χ3n) is 2.22. The molecule has 15 heavy (non-hydrogen) atoms. The quantitative estimate of drug-likeness (QED) is 0.714. The monoisotopic (exact) mass is 250 g/mol. The van der Waals surface area contributed by atoms with E-state index in [0.29, 0.717) is 6.54 Å². The van der Waals surface area contributed by atoms with Crippen LogP contribution in [0.25, 0.3) is 0 Å². The maximum Gasteiger partial charge on any atom is 0.324 e. The molecular weight excluding hydrogens is 236 g/mol. The second-order valence-corrected chi connectivity index (χ2v) is 5.33. The smallest absolute Gasteiger partial charge is 0.320 e. The van der Waals surface area contributed by atoms with Gasteiger partial charge in [-0.2, -0.15) is 11.8 Å². The Kier molecular flexibility index (Phi) is 4.73. The summed E-state index contributed by atoms with van der Waals surface area (Å²) in [7, 11) is 0. The third kappa shape index (κ3) is 3.57. The van der Waals surface area contributed by atoms with E-state index in [9.17, 15) is 9.59 Å². The minimum atomic E-state index is -0.677. The van der Waals surface area contributed by atoms with Crippen molar-refractivity contribution in [2.24, 2.45) is 0 Å². The third-order valence-corrected chi connectivity index (χ3v) is 3.61. The molecule has 1 saturated heterocycles. The number of amides is 3. The second kappa shape index (κ2) is 5.61. The maximum absolute atomic E-state index is 11.6. The number of carbonyl (C=O) groups excluding carboxylic acids is 2. The number of carbonyl (C=O) groups is 2. The summed E-state index contributed by atoms with van der Waals surface area (Å²) >= 11 is 7.38. The van der Waals surface area contributed by atoms with Gasteiger partial charge in [-0.05, 0) is 13.8 Å². The topological polar surface area (TPSA) is 49.4 Å². The average molecular weight is 251 g/mol. The van der Waals surface area contributed by atoms with Gasteiger partial charge in [0.15, 0.2) is 0 Å². The minimum Gasteiger partial charge on any atom is -0.320 e. The van der Waals surface area contributed by atoms with Crippen LogP contribution in [0.5, 0.6) is 0 Å². The molecule has 0 aromatic rings. The van der Waals surface area contributed by atoms with Crippen molar-refractivity contribution in [3.05, 3.63) is 0 Å². The summed E-state index contributed by atoms with van der Waals surface area (Å²) in [5.41, 5.74) is 0. The van der Waals surface area contributed by atoms with E-state index in [-0.39, 0.29) is 12.1 Å². The van der Waals surface area contributed by atoms with E-state index in [1.54, 1.807) is 11.8 Å². The van der Waals surface area contributed by atoms with Crippen molar-refractivity contribution in [2.45, 2.75) is 25.3 Å². The lowest BCUT2D eigenvalue weighted by Crippen LogP contribution is -2.51. The maximum atomic E-state index is 11.6. The van der Waals surface area contributed by atoms with Crippen LogP contribution < -0.4 is 5.32 Å². The Morgan fingerprint density at radius 2 is 2.27 bits per heavy atom. The number of nitrogens with one attached hydrogen (secondary N) is 1. The molecule has 0 aromatic carbocycles. The van der Waals surface area contributed by atoms with E-state index in [1.165, 1.54) is 0 Å². The molecule has 2 atom stereocenters. The van der Waals surface area contributed by atoms with Crippen molar-refractivity contribution < 1.29 is 9.59 Å². The Bertz CT molecular complexity index is 260. The first-order valence-electron chi connectivity index (χ1n) is 4.85. The lowest BCUT2D eigenvalue weighted by molar-refractivity contribution is -0.119. The average Bonchev–Trinajstić information content (AvgIpc) is 2.18. The minimum absolute atomic E-state index is 0.169. The van der Waals surface area contributed by atoms with Gasteiger partial charge in [0.1, 0.15) is 5.38 Å². The van der Waals surface area contributed by atoms with Crippen LogP contribution in [0.2, 0.25) is 0 Å². The van der Waals surface area contributed by atoms with E-state index in [1.807, 2.05) is 18.7 Å². The van der Waals surface area contributed by atoms with Crippen LogP contribution in [-0.4, -0.2) is 46.3 Å². The lowest BCUT2D eigenvalue weighted by atomic mass is 10.3. The summed E-state index contributed by atoms with van der Waals surface area (Å²) in [6.45, 7) is 4.20. The van der Waals surface area contributed by atoms with Crippen LogP contribution in [0, 0.1) is 0 Å². The Balaban J connectivity index is 2.48. The lowest BCUT2D eigenvalue weighted by Gasteiger charge is -2.32. The number of urea groups is 1. The van der Waals surface area contributed by atoms with Crippen molar-refractivity contribution in [1.29, 1.82) is 0 Å². The molecule has 1 aliphatic heterocycles. The van der Waals surface area contributed by atoms with Gasteiger partial charge >= 0.3 is 6.03 Å². The van der Waals surface area contributed by atoms with Crippen LogP contribution >= 0.6 is 23.4 Å². The summed E-state index contributed by atoms with van der Waals surface area (Å²) < 4.78 is 0. The number of nitrogens with zero attached hydrogens (tertiary/aromatic N) is 1. The Morgan fingerprint density at radius 1 is 1.60 bits per heavy atom. The number of alkyl halides is 1. The van der Waals surface area contributed by atoms with Crippen LogP contribution in [0.4, 0.5) is 4.79 Å². The summed E-state index contributed by atoms with van der Waals surface area (Å²) in [5, 5.41) is 1.61. The van der Waals surface area contributed by atoms with Gasteiger partial charge in [0.25, 0.3) is 0 Å². The largest absolute Gasteiger partial charge is 0.324 e. The number of rotatable bonds is 1. The molecule has 0 aromatic heterocycles. The van der Waals surface area contributed by atoms with Gasteiger partial charge in [0.2, 0.25) is 5.91 Å². The molecule has 1 aliphatic rings. The van der Waals surface area contributed by atoms with Gasteiger partial charge in [0.05, 0.1) is 0 Å². The molecule has 1 heterocycles. The van der Waals surface area contributed by atoms with E-state index in [2.05, 4.69) is 5.32 Å². The first kappa shape index (κ1) is 12.6. The Hall–Kier alpha value is -0.420. The van der Waals surface area contributed by atoms with Crippen molar-refractivity contribution in [3.63, 3.8) is 0 Å². The Morgan fingerprint density at radius 3 is 2.80 bits per heavy atom. The molecule has 2 unspecified atom stereocenters. The van der Waals surface area contributed by atoms with Gasteiger partial charge in [-0.3, -0.25) is 10.1 Å². The molecule has 6 heteroatoms. The second-order valence-electron chi connectivity index (χ2n) is 3.53. The van der Waals surface area contributed by atoms with E-state index in [4.69, 9.17) is 11.6 Å². The van der Waals surface area contributed by atoms with Crippen molar-refractivity contribution in [2.75, 3.05) is 18.1 Å². The summed E-state index contributed by atoms with van der Waals surface area (Å²) in [6.07, 6.45) is 0. The van der Waals surface area contributed by atoms with Gasteiger partial charge in [-0.15, -0.1) is 11.6 Å². The highest BCUT2D eigenvalue weighted by molar-refractivity contribution is 7.99. The fourth-order valence-corrected chi connectivity index (χ4v) is 2.37. The van der Waals surface area contributed by atoms with Gasteiger partial charge < -0.3 is 4.90 Å². The Labute approximate surface area is 98.7 Å². The molecule has 0 spiro atoms. The first-order chi connectivity index (χ1) is 7.02. The number of hydrogen-bond donors (Lipinski definition) is 1. The summed E-state index contributed by atoms with van der Waals surface area (Å²) in [4.78, 5) is 24.5. The SMILES string of the molecule is CC(Cl)C(=O)NC(=O)N1CCSCC1C. The number of thioether (sulfide) groups is 1. The van der Waals surface area contributed by atoms with E-state index >= 15 is 0 Å². The van der Waals surface area contributed by atoms with E-state index in [0.717, 1.165) is 11.5 Å².